The molecule has 2 bridgehead atoms. The van der Waals surface area contributed by atoms with E-state index in [1.165, 1.54) is 37.9 Å². The summed E-state index contributed by atoms with van der Waals surface area (Å²) in [7, 11) is 0. The summed E-state index contributed by atoms with van der Waals surface area (Å²) in [6.45, 7) is 2.39. The van der Waals surface area contributed by atoms with Crippen molar-refractivity contribution < 1.29 is 5.11 Å². The molecular formula is C14H19NO. The molecule has 3 rings (SSSR count). The summed E-state index contributed by atoms with van der Waals surface area (Å²) in [5.41, 5.74) is 1.86. The lowest BCUT2D eigenvalue weighted by Crippen LogP contribution is -2.40. The summed E-state index contributed by atoms with van der Waals surface area (Å²) in [4.78, 5) is 0. The van der Waals surface area contributed by atoms with E-state index in [-0.39, 0.29) is 0 Å². The van der Waals surface area contributed by atoms with Gasteiger partial charge in [0.15, 0.2) is 0 Å². The number of hydrogen-bond donors (Lipinski definition) is 2. The average molecular weight is 217 g/mol. The predicted octanol–water partition coefficient (Wildman–Crippen LogP) is 2.32. The molecule has 16 heavy (non-hydrogen) atoms. The third-order valence-corrected chi connectivity index (χ3v) is 4.25. The molecule has 2 atom stereocenters. The van der Waals surface area contributed by atoms with Gasteiger partial charge in [-0.1, -0.05) is 12.1 Å². The summed E-state index contributed by atoms with van der Waals surface area (Å²) in [5, 5.41) is 12.8. The van der Waals surface area contributed by atoms with Crippen LogP contribution in [0.2, 0.25) is 0 Å². The van der Waals surface area contributed by atoms with Crippen molar-refractivity contribution in [2.75, 3.05) is 13.1 Å². The monoisotopic (exact) mass is 217 g/mol. The van der Waals surface area contributed by atoms with Gasteiger partial charge in [-0.15, -0.1) is 0 Å². The predicted molar refractivity (Wildman–Crippen MR) is 64.5 cm³/mol. The zero-order valence-corrected chi connectivity index (χ0v) is 9.58. The van der Waals surface area contributed by atoms with Gasteiger partial charge in [0.05, 0.1) is 0 Å². The molecule has 1 aromatic rings. The van der Waals surface area contributed by atoms with Crippen molar-refractivity contribution >= 4 is 0 Å². The molecule has 2 heteroatoms. The fraction of sp³-hybridized carbons (Fsp3) is 0.571. The molecule has 0 aromatic heterocycles. The molecule has 1 saturated carbocycles. The molecule has 1 aliphatic heterocycles. The maximum Gasteiger partial charge on any atom is 0.115 e. The number of rotatable bonds is 2. The van der Waals surface area contributed by atoms with Crippen LogP contribution in [0.5, 0.6) is 5.75 Å². The zero-order chi connectivity index (χ0) is 11.0. The first-order chi connectivity index (χ1) is 7.76. The van der Waals surface area contributed by atoms with E-state index in [0.29, 0.717) is 11.2 Å². The molecule has 86 valence electrons. The second-order valence-corrected chi connectivity index (χ2v) is 5.58. The van der Waals surface area contributed by atoms with Gasteiger partial charge in [0.1, 0.15) is 5.75 Å². The minimum Gasteiger partial charge on any atom is -0.508 e. The number of nitrogens with one attached hydrogen (secondary N) is 1. The van der Waals surface area contributed by atoms with E-state index in [4.69, 9.17) is 0 Å². The molecule has 0 amide bonds. The van der Waals surface area contributed by atoms with Crippen LogP contribution in [0.4, 0.5) is 0 Å². The highest BCUT2D eigenvalue weighted by Crippen LogP contribution is 2.45. The first kappa shape index (κ1) is 10.2. The SMILES string of the molecule is Oc1ccc(CC23CCC(CNC2)C3)cc1. The Bertz CT molecular complexity index is 369. The van der Waals surface area contributed by atoms with Crippen molar-refractivity contribution in [3.8, 4) is 5.75 Å². The Morgan fingerprint density at radius 3 is 2.94 bits per heavy atom. The molecule has 2 aliphatic rings. The first-order valence-electron chi connectivity index (χ1n) is 6.24. The molecular weight excluding hydrogens is 198 g/mol. The number of aromatic hydroxyl groups is 1. The maximum absolute atomic E-state index is 9.28. The second-order valence-electron chi connectivity index (χ2n) is 5.58. The number of piperidine rings is 1. The van der Waals surface area contributed by atoms with Crippen LogP contribution in [0, 0.1) is 11.3 Å². The summed E-state index contributed by atoms with van der Waals surface area (Å²) >= 11 is 0. The van der Waals surface area contributed by atoms with Crippen LogP contribution in [0.1, 0.15) is 24.8 Å². The van der Waals surface area contributed by atoms with Gasteiger partial charge in [-0.05, 0) is 61.3 Å². The fourth-order valence-corrected chi connectivity index (χ4v) is 3.47. The summed E-state index contributed by atoms with van der Waals surface area (Å²) in [6.07, 6.45) is 5.31. The Hall–Kier alpha value is -1.02. The Morgan fingerprint density at radius 1 is 1.31 bits per heavy atom. The molecule has 2 unspecified atom stereocenters. The lowest BCUT2D eigenvalue weighted by Gasteiger charge is -2.34. The van der Waals surface area contributed by atoms with E-state index in [1.54, 1.807) is 12.1 Å². The van der Waals surface area contributed by atoms with Crippen LogP contribution >= 0.6 is 0 Å². The quantitative estimate of drug-likeness (QED) is 0.797. The van der Waals surface area contributed by atoms with Crippen LogP contribution in [0.25, 0.3) is 0 Å². The van der Waals surface area contributed by atoms with E-state index in [1.807, 2.05) is 0 Å². The highest BCUT2D eigenvalue weighted by molar-refractivity contribution is 5.27. The number of hydrogen-bond acceptors (Lipinski definition) is 2. The Kier molecular flexibility index (Phi) is 2.40. The van der Waals surface area contributed by atoms with Gasteiger partial charge < -0.3 is 10.4 Å². The van der Waals surface area contributed by atoms with Crippen molar-refractivity contribution in [3.63, 3.8) is 0 Å². The first-order valence-corrected chi connectivity index (χ1v) is 6.24. The Balaban J connectivity index is 1.76. The number of phenolic OH excluding ortho intramolecular Hbond substituents is 1. The van der Waals surface area contributed by atoms with E-state index in [9.17, 15) is 5.11 Å². The van der Waals surface area contributed by atoms with Crippen molar-refractivity contribution in [1.29, 1.82) is 0 Å². The zero-order valence-electron chi connectivity index (χ0n) is 9.58. The van der Waals surface area contributed by atoms with Crippen molar-refractivity contribution in [1.82, 2.24) is 5.32 Å². The molecule has 2 N–H and O–H groups in total. The largest absolute Gasteiger partial charge is 0.508 e. The van der Waals surface area contributed by atoms with Crippen LogP contribution in [-0.4, -0.2) is 18.2 Å². The fourth-order valence-electron chi connectivity index (χ4n) is 3.47. The van der Waals surface area contributed by atoms with Gasteiger partial charge in [0, 0.05) is 6.54 Å². The molecule has 0 radical (unpaired) electrons. The van der Waals surface area contributed by atoms with Crippen molar-refractivity contribution in [2.45, 2.75) is 25.7 Å². The van der Waals surface area contributed by atoms with Gasteiger partial charge in [-0.3, -0.25) is 0 Å². The maximum atomic E-state index is 9.28. The van der Waals surface area contributed by atoms with E-state index >= 15 is 0 Å². The Labute approximate surface area is 96.7 Å². The van der Waals surface area contributed by atoms with Crippen LogP contribution < -0.4 is 5.32 Å². The molecule has 1 heterocycles. The molecule has 1 aromatic carbocycles. The topological polar surface area (TPSA) is 32.3 Å². The summed E-state index contributed by atoms with van der Waals surface area (Å²) in [6, 6.07) is 7.72. The highest BCUT2D eigenvalue weighted by atomic mass is 16.3. The molecule has 1 aliphatic carbocycles. The molecule has 1 saturated heterocycles. The van der Waals surface area contributed by atoms with Gasteiger partial charge >= 0.3 is 0 Å². The lowest BCUT2D eigenvalue weighted by molar-refractivity contribution is 0.229. The molecule has 2 nitrogen and oxygen atoms in total. The van der Waals surface area contributed by atoms with Crippen molar-refractivity contribution in [3.05, 3.63) is 29.8 Å². The van der Waals surface area contributed by atoms with Gasteiger partial charge in [0.2, 0.25) is 0 Å². The third kappa shape index (κ3) is 1.82. The van der Waals surface area contributed by atoms with Crippen molar-refractivity contribution in [2.24, 2.45) is 11.3 Å². The minimum absolute atomic E-state index is 0.368. The van der Waals surface area contributed by atoms with E-state index < -0.39 is 0 Å². The number of fused-ring (bicyclic) bond motifs is 2. The molecule has 2 fully saturated rings. The number of benzene rings is 1. The van der Waals surface area contributed by atoms with Gasteiger partial charge in [0.25, 0.3) is 0 Å². The second kappa shape index (κ2) is 3.77. The number of phenols is 1. The summed E-state index contributed by atoms with van der Waals surface area (Å²) in [5.74, 6) is 1.28. The minimum atomic E-state index is 0.368. The Morgan fingerprint density at radius 2 is 2.12 bits per heavy atom. The normalized spacial score (nSPS) is 32.9. The molecule has 0 spiro atoms. The van der Waals surface area contributed by atoms with Crippen LogP contribution in [-0.2, 0) is 6.42 Å². The average Bonchev–Trinajstić information content (AvgIpc) is 2.58. The smallest absolute Gasteiger partial charge is 0.115 e. The third-order valence-electron chi connectivity index (χ3n) is 4.25. The van der Waals surface area contributed by atoms with Gasteiger partial charge in [-0.2, -0.15) is 0 Å². The van der Waals surface area contributed by atoms with E-state index in [2.05, 4.69) is 17.4 Å². The van der Waals surface area contributed by atoms with Gasteiger partial charge in [-0.25, -0.2) is 0 Å². The lowest BCUT2D eigenvalue weighted by atomic mass is 9.77. The summed E-state index contributed by atoms with van der Waals surface area (Å²) < 4.78 is 0. The van der Waals surface area contributed by atoms with E-state index in [0.717, 1.165) is 12.3 Å². The van der Waals surface area contributed by atoms with Crippen LogP contribution in [0.3, 0.4) is 0 Å². The highest BCUT2D eigenvalue weighted by Gasteiger charge is 2.41. The van der Waals surface area contributed by atoms with Crippen LogP contribution in [0.15, 0.2) is 24.3 Å². The standard InChI is InChI=1S/C14H19NO/c16-13-3-1-11(2-4-13)7-14-6-5-12(8-14)9-15-10-14/h1-4,12,15-16H,5-10H2.